The highest BCUT2D eigenvalue weighted by molar-refractivity contribution is 5.85. The number of aromatic nitrogens is 4. The first-order valence-corrected chi connectivity index (χ1v) is 12.2. The van der Waals surface area contributed by atoms with E-state index in [1.54, 1.807) is 0 Å². The number of hydrogen-bond acceptors (Lipinski definition) is 4. The number of amides is 1. The molecule has 1 amide bonds. The Labute approximate surface area is 190 Å². The third-order valence-electron chi connectivity index (χ3n) is 6.82. The van der Waals surface area contributed by atoms with Gasteiger partial charge in [-0.15, -0.1) is 0 Å². The van der Waals surface area contributed by atoms with Crippen LogP contribution in [0, 0.1) is 13.8 Å². The average Bonchev–Trinajstić information content (AvgIpc) is 3.40. The molecule has 3 heterocycles. The van der Waals surface area contributed by atoms with E-state index in [9.17, 15) is 4.79 Å². The van der Waals surface area contributed by atoms with E-state index in [1.165, 1.54) is 37.7 Å². The van der Waals surface area contributed by atoms with Gasteiger partial charge in [0.05, 0.1) is 41.8 Å². The van der Waals surface area contributed by atoms with Crippen LogP contribution in [0.1, 0.15) is 93.0 Å². The fourth-order valence-corrected chi connectivity index (χ4v) is 5.03. The SMILES string of the molecule is Cc1cc(C)n(Cc2cc(C3=C(CC(=O)NC4CC4)N=CCC3)n(C3CCCCC3)n2)n1. The quantitative estimate of drug-likeness (QED) is 0.697. The number of nitrogens with zero attached hydrogens (tertiary/aromatic N) is 5. The number of allylic oxidation sites excluding steroid dienone is 1. The van der Waals surface area contributed by atoms with E-state index in [2.05, 4.69) is 39.1 Å². The van der Waals surface area contributed by atoms with Crippen molar-refractivity contribution < 1.29 is 4.79 Å². The van der Waals surface area contributed by atoms with Crippen LogP contribution >= 0.6 is 0 Å². The molecule has 0 radical (unpaired) electrons. The molecule has 0 bridgehead atoms. The molecule has 2 fully saturated rings. The van der Waals surface area contributed by atoms with Crippen molar-refractivity contribution in [1.82, 2.24) is 24.9 Å². The van der Waals surface area contributed by atoms with Crippen LogP contribution in [0.3, 0.4) is 0 Å². The Bertz CT molecular complexity index is 1050. The maximum absolute atomic E-state index is 12.6. The molecule has 2 aliphatic carbocycles. The van der Waals surface area contributed by atoms with Gasteiger partial charge in [-0.25, -0.2) is 0 Å². The zero-order chi connectivity index (χ0) is 22.1. The van der Waals surface area contributed by atoms with Gasteiger partial charge in [0, 0.05) is 18.0 Å². The molecule has 0 spiro atoms. The molecule has 0 aromatic carbocycles. The lowest BCUT2D eigenvalue weighted by molar-refractivity contribution is -0.120. The lowest BCUT2D eigenvalue weighted by Crippen LogP contribution is -2.26. The van der Waals surface area contributed by atoms with Crippen LogP contribution in [0.15, 0.2) is 22.8 Å². The van der Waals surface area contributed by atoms with Crippen molar-refractivity contribution in [3.8, 4) is 0 Å². The Kier molecular flexibility index (Phi) is 5.98. The van der Waals surface area contributed by atoms with Crippen LogP contribution in [-0.2, 0) is 11.3 Å². The second kappa shape index (κ2) is 9.04. The van der Waals surface area contributed by atoms with Gasteiger partial charge < -0.3 is 5.32 Å². The summed E-state index contributed by atoms with van der Waals surface area (Å²) in [4.78, 5) is 17.2. The summed E-state index contributed by atoms with van der Waals surface area (Å²) in [6.45, 7) is 4.79. The van der Waals surface area contributed by atoms with Gasteiger partial charge in [-0.2, -0.15) is 10.2 Å². The van der Waals surface area contributed by atoms with E-state index >= 15 is 0 Å². The molecule has 0 atom stereocenters. The van der Waals surface area contributed by atoms with Gasteiger partial charge in [-0.1, -0.05) is 19.3 Å². The van der Waals surface area contributed by atoms with Crippen molar-refractivity contribution in [2.24, 2.45) is 4.99 Å². The minimum Gasteiger partial charge on any atom is -0.353 e. The number of nitrogens with one attached hydrogen (secondary N) is 1. The molecule has 32 heavy (non-hydrogen) atoms. The zero-order valence-corrected chi connectivity index (χ0v) is 19.3. The molecular weight excluding hydrogens is 400 g/mol. The summed E-state index contributed by atoms with van der Waals surface area (Å²) in [7, 11) is 0. The van der Waals surface area contributed by atoms with Crippen LogP contribution in [0.4, 0.5) is 0 Å². The third-order valence-corrected chi connectivity index (χ3v) is 6.82. The second-order valence-corrected chi connectivity index (χ2v) is 9.64. The molecule has 1 aliphatic heterocycles. The maximum Gasteiger partial charge on any atom is 0.226 e. The number of hydrogen-bond donors (Lipinski definition) is 1. The first-order valence-electron chi connectivity index (χ1n) is 12.2. The van der Waals surface area contributed by atoms with Crippen molar-refractivity contribution in [3.05, 3.63) is 40.6 Å². The Morgan fingerprint density at radius 2 is 1.91 bits per heavy atom. The molecule has 0 unspecified atom stereocenters. The van der Waals surface area contributed by atoms with Gasteiger partial charge >= 0.3 is 0 Å². The van der Waals surface area contributed by atoms with Gasteiger partial charge in [0.1, 0.15) is 0 Å². The molecule has 7 nitrogen and oxygen atoms in total. The summed E-state index contributed by atoms with van der Waals surface area (Å²) in [5.41, 5.74) is 6.46. The minimum absolute atomic E-state index is 0.0886. The average molecular weight is 435 g/mol. The molecule has 2 aromatic rings. The summed E-state index contributed by atoms with van der Waals surface area (Å²) in [6.07, 6.45) is 12.5. The highest BCUT2D eigenvalue weighted by Gasteiger charge is 2.27. The molecule has 1 N–H and O–H groups in total. The van der Waals surface area contributed by atoms with Crippen molar-refractivity contribution in [2.75, 3.05) is 0 Å². The smallest absolute Gasteiger partial charge is 0.226 e. The molecule has 2 saturated carbocycles. The normalized spacial score (nSPS) is 19.6. The van der Waals surface area contributed by atoms with Gasteiger partial charge in [-0.3, -0.25) is 19.2 Å². The number of carbonyl (C=O) groups is 1. The summed E-state index contributed by atoms with van der Waals surface area (Å²) in [6, 6.07) is 5.13. The first-order chi connectivity index (χ1) is 15.6. The van der Waals surface area contributed by atoms with E-state index in [1.807, 2.05) is 17.8 Å². The minimum atomic E-state index is 0.0886. The number of aliphatic imine (C=N–C) groups is 1. The lowest BCUT2D eigenvalue weighted by Gasteiger charge is -2.25. The number of rotatable bonds is 7. The fraction of sp³-hybridized carbons (Fsp3) is 0.600. The molecular formula is C25H34N6O. The largest absolute Gasteiger partial charge is 0.353 e. The summed E-state index contributed by atoms with van der Waals surface area (Å²) >= 11 is 0. The summed E-state index contributed by atoms with van der Waals surface area (Å²) < 4.78 is 4.29. The Balaban J connectivity index is 1.49. The highest BCUT2D eigenvalue weighted by Crippen LogP contribution is 2.35. The van der Waals surface area contributed by atoms with Gasteiger partial charge in [-0.05, 0) is 70.1 Å². The van der Waals surface area contributed by atoms with Crippen LogP contribution in [-0.4, -0.2) is 37.7 Å². The topological polar surface area (TPSA) is 77.1 Å². The Morgan fingerprint density at radius 3 is 2.62 bits per heavy atom. The molecule has 7 heteroatoms. The van der Waals surface area contributed by atoms with E-state index in [4.69, 9.17) is 5.10 Å². The Morgan fingerprint density at radius 1 is 1.09 bits per heavy atom. The van der Waals surface area contributed by atoms with Crippen LogP contribution in [0.25, 0.3) is 5.57 Å². The second-order valence-electron chi connectivity index (χ2n) is 9.64. The maximum atomic E-state index is 12.6. The van der Waals surface area contributed by atoms with Gasteiger partial charge in [0.25, 0.3) is 0 Å². The van der Waals surface area contributed by atoms with Crippen LogP contribution < -0.4 is 5.32 Å². The first kappa shape index (κ1) is 21.2. The number of aryl methyl sites for hydroxylation is 2. The lowest BCUT2D eigenvalue weighted by atomic mass is 9.94. The van der Waals surface area contributed by atoms with E-state index in [0.29, 0.717) is 25.0 Å². The number of carbonyl (C=O) groups excluding carboxylic acids is 1. The van der Waals surface area contributed by atoms with Crippen LogP contribution in [0.5, 0.6) is 0 Å². The predicted molar refractivity (Wildman–Crippen MR) is 126 cm³/mol. The van der Waals surface area contributed by atoms with Crippen molar-refractivity contribution >= 4 is 17.7 Å². The zero-order valence-electron chi connectivity index (χ0n) is 19.3. The third kappa shape index (κ3) is 4.71. The van der Waals surface area contributed by atoms with E-state index < -0.39 is 0 Å². The molecule has 2 aromatic heterocycles. The van der Waals surface area contributed by atoms with Crippen molar-refractivity contribution in [2.45, 2.75) is 96.7 Å². The predicted octanol–water partition coefficient (Wildman–Crippen LogP) is 4.49. The van der Waals surface area contributed by atoms with Crippen molar-refractivity contribution in [3.63, 3.8) is 0 Å². The van der Waals surface area contributed by atoms with Crippen molar-refractivity contribution in [1.29, 1.82) is 0 Å². The van der Waals surface area contributed by atoms with Gasteiger partial charge in [0.2, 0.25) is 5.91 Å². The Hall–Kier alpha value is -2.70. The molecule has 170 valence electrons. The summed E-state index contributed by atoms with van der Waals surface area (Å²) in [5.74, 6) is 0.0886. The van der Waals surface area contributed by atoms with Crippen LogP contribution in [0.2, 0.25) is 0 Å². The van der Waals surface area contributed by atoms with E-state index in [-0.39, 0.29) is 5.91 Å². The van der Waals surface area contributed by atoms with E-state index in [0.717, 1.165) is 54.2 Å². The molecule has 0 saturated heterocycles. The highest BCUT2D eigenvalue weighted by atomic mass is 16.1. The standard InChI is InChI=1S/C25H34N6O/c1-17-13-18(2)30(28-17)16-20-14-24(31(29-20)21-7-4-3-5-8-21)22-9-6-12-26-23(22)15-25(32)27-19-10-11-19/h12-14,19,21H,3-11,15-16H2,1-2H3,(H,27,32). The summed E-state index contributed by atoms with van der Waals surface area (Å²) in [5, 5.41) is 12.8. The monoisotopic (exact) mass is 434 g/mol. The molecule has 3 aliphatic rings. The fourth-order valence-electron chi connectivity index (χ4n) is 5.03. The molecule has 5 rings (SSSR count). The van der Waals surface area contributed by atoms with Gasteiger partial charge in [0.15, 0.2) is 0 Å².